The molecule has 7 N–H and O–H groups in total. The Morgan fingerprint density at radius 3 is 2.24 bits per heavy atom. The van der Waals surface area contributed by atoms with Gasteiger partial charge in [0.05, 0.1) is 5.69 Å². The van der Waals surface area contributed by atoms with Gasteiger partial charge in [0.25, 0.3) is 0 Å². The van der Waals surface area contributed by atoms with E-state index >= 15 is 0 Å². The van der Waals surface area contributed by atoms with Crippen molar-refractivity contribution in [3.63, 3.8) is 0 Å². The molecule has 33 heavy (non-hydrogen) atoms. The molecule has 2 amide bonds. The fourth-order valence-electron chi connectivity index (χ4n) is 4.44. The lowest BCUT2D eigenvalue weighted by Crippen LogP contribution is -2.48. The van der Waals surface area contributed by atoms with Gasteiger partial charge in [-0.15, -0.1) is 0 Å². The summed E-state index contributed by atoms with van der Waals surface area (Å²) in [4.78, 5) is 39.2. The molecule has 2 atom stereocenters. The first-order valence-corrected chi connectivity index (χ1v) is 11.6. The molecule has 1 unspecified atom stereocenters. The molecule has 1 saturated carbocycles. The van der Waals surface area contributed by atoms with Crippen molar-refractivity contribution in [3.05, 3.63) is 30.3 Å². The Bertz CT molecular complexity index is 793. The molecule has 0 aliphatic heterocycles. The maximum Gasteiger partial charge on any atom is 0.421 e. The monoisotopic (exact) mass is 462 g/mol. The number of anilines is 1. The molecular weight excluding hydrogens is 424 g/mol. The number of aliphatic carboxylic acids is 1. The third kappa shape index (κ3) is 7.25. The van der Waals surface area contributed by atoms with Gasteiger partial charge in [0, 0.05) is 11.8 Å². The summed E-state index contributed by atoms with van der Waals surface area (Å²) in [5.41, 5.74) is 16.6. The van der Waals surface area contributed by atoms with Crippen LogP contribution in [0.25, 0.3) is 0 Å². The third-order valence-electron chi connectivity index (χ3n) is 6.65. The van der Waals surface area contributed by atoms with Crippen LogP contribution in [0.2, 0.25) is 0 Å². The average Bonchev–Trinajstić information content (AvgIpc) is 2.79. The first-order valence-electron chi connectivity index (χ1n) is 11.6. The van der Waals surface area contributed by atoms with Crippen LogP contribution < -0.4 is 22.1 Å². The second-order valence-corrected chi connectivity index (χ2v) is 9.39. The van der Waals surface area contributed by atoms with Crippen molar-refractivity contribution in [1.29, 1.82) is 0 Å². The van der Waals surface area contributed by atoms with Crippen molar-refractivity contribution in [3.8, 4) is 0 Å². The first-order chi connectivity index (χ1) is 15.6. The van der Waals surface area contributed by atoms with E-state index in [0.717, 1.165) is 17.7 Å². The second-order valence-electron chi connectivity index (χ2n) is 9.39. The predicted octanol–water partition coefficient (Wildman–Crippen LogP) is 2.47. The molecule has 1 aromatic carbocycles. The van der Waals surface area contributed by atoms with E-state index in [0.29, 0.717) is 37.4 Å². The quantitative estimate of drug-likeness (QED) is 0.412. The van der Waals surface area contributed by atoms with Crippen LogP contribution in [0.15, 0.2) is 30.3 Å². The second kappa shape index (κ2) is 12.1. The molecule has 0 radical (unpaired) electrons. The van der Waals surface area contributed by atoms with E-state index in [1.54, 1.807) is 44.2 Å². The topological polar surface area (TPSA) is 162 Å². The summed E-state index contributed by atoms with van der Waals surface area (Å²) < 4.78 is 5.85. The maximum atomic E-state index is 13.5. The van der Waals surface area contributed by atoms with E-state index in [4.69, 9.17) is 21.9 Å². The van der Waals surface area contributed by atoms with E-state index < -0.39 is 29.6 Å². The fourth-order valence-corrected chi connectivity index (χ4v) is 4.44. The predicted molar refractivity (Wildman–Crippen MR) is 126 cm³/mol. The molecule has 184 valence electrons. The number of carboxylic acid groups (broad SMARTS) is 1. The zero-order valence-corrected chi connectivity index (χ0v) is 19.6. The number of rotatable bonds is 10. The molecule has 1 aliphatic carbocycles. The van der Waals surface area contributed by atoms with Gasteiger partial charge in [-0.05, 0) is 83.5 Å². The van der Waals surface area contributed by atoms with Crippen LogP contribution in [0.3, 0.4) is 0 Å². The Morgan fingerprint density at radius 1 is 1.12 bits per heavy atom. The van der Waals surface area contributed by atoms with Crippen molar-refractivity contribution in [1.82, 2.24) is 0 Å². The number of nitrogens with zero attached hydrogens (tertiary/aromatic N) is 1. The maximum absolute atomic E-state index is 13.5. The van der Waals surface area contributed by atoms with Gasteiger partial charge in [-0.1, -0.05) is 18.2 Å². The molecule has 2 rings (SSSR count). The molecule has 0 heterocycles. The van der Waals surface area contributed by atoms with Crippen LogP contribution in [0, 0.1) is 17.8 Å². The average molecular weight is 463 g/mol. The van der Waals surface area contributed by atoms with E-state index in [2.05, 4.69) is 0 Å². The van der Waals surface area contributed by atoms with E-state index in [-0.39, 0.29) is 24.8 Å². The van der Waals surface area contributed by atoms with Crippen LogP contribution in [-0.4, -0.2) is 47.8 Å². The lowest BCUT2D eigenvalue weighted by atomic mass is 9.81. The molecular formula is C24H38N4O5. The van der Waals surface area contributed by atoms with E-state index in [9.17, 15) is 19.5 Å². The summed E-state index contributed by atoms with van der Waals surface area (Å²) in [5, 5.41) is 9.21. The molecule has 1 fully saturated rings. The summed E-state index contributed by atoms with van der Waals surface area (Å²) >= 11 is 0. The highest BCUT2D eigenvalue weighted by Crippen LogP contribution is 2.33. The minimum Gasteiger partial charge on any atom is -0.480 e. The number of imide groups is 1. The Labute approximate surface area is 195 Å². The standard InChI is InChI=1S/C24H38N4O5/c1-24(2,18(12-13-25)14-20(27)22(30)31)33-23(32)28(19-6-4-3-5-7-19)21(29)17-10-8-16(15-26)9-11-17/h3-7,16-18,20H,8-15,25-27H2,1-2H3,(H,30,31)/t16?,17?,18?,20-/m0/s1. The number of ether oxygens (including phenoxy) is 1. The number of nitrogens with two attached hydrogens (primary N) is 3. The van der Waals surface area contributed by atoms with Gasteiger partial charge in [-0.25, -0.2) is 9.69 Å². The van der Waals surface area contributed by atoms with Gasteiger partial charge < -0.3 is 27.0 Å². The minimum atomic E-state index is -1.13. The van der Waals surface area contributed by atoms with Gasteiger partial charge in [0.2, 0.25) is 5.91 Å². The fraction of sp³-hybridized carbons (Fsp3) is 0.625. The van der Waals surface area contributed by atoms with Crippen molar-refractivity contribution in [2.45, 2.75) is 64.0 Å². The molecule has 9 heteroatoms. The Morgan fingerprint density at radius 2 is 1.73 bits per heavy atom. The summed E-state index contributed by atoms with van der Waals surface area (Å²) in [7, 11) is 0. The van der Waals surface area contributed by atoms with Crippen LogP contribution in [0.4, 0.5) is 10.5 Å². The number of carbonyl (C=O) groups is 3. The van der Waals surface area contributed by atoms with E-state index in [1.807, 2.05) is 0 Å². The number of carboxylic acids is 1. The lowest BCUT2D eigenvalue weighted by molar-refractivity contribution is -0.139. The number of benzene rings is 1. The highest BCUT2D eigenvalue weighted by Gasteiger charge is 2.40. The number of hydrogen-bond acceptors (Lipinski definition) is 7. The lowest BCUT2D eigenvalue weighted by Gasteiger charge is -2.37. The SMILES string of the molecule is CC(C)(OC(=O)N(C(=O)C1CCC(CN)CC1)c1ccccc1)C(CCN)C[C@H](N)C(=O)O. The molecule has 0 bridgehead atoms. The minimum absolute atomic E-state index is 0.0925. The van der Waals surface area contributed by atoms with Crippen molar-refractivity contribution in [2.24, 2.45) is 35.0 Å². The molecule has 1 aromatic rings. The van der Waals surface area contributed by atoms with Crippen molar-refractivity contribution in [2.75, 3.05) is 18.0 Å². The van der Waals surface area contributed by atoms with Gasteiger partial charge in [0.15, 0.2) is 0 Å². The number of amides is 2. The normalized spacial score (nSPS) is 20.5. The van der Waals surface area contributed by atoms with Gasteiger partial charge >= 0.3 is 12.1 Å². The van der Waals surface area contributed by atoms with Crippen molar-refractivity contribution < 1.29 is 24.2 Å². The molecule has 9 nitrogen and oxygen atoms in total. The molecule has 0 spiro atoms. The van der Waals surface area contributed by atoms with Gasteiger partial charge in [-0.3, -0.25) is 9.59 Å². The highest BCUT2D eigenvalue weighted by molar-refractivity contribution is 6.13. The van der Waals surface area contributed by atoms with Crippen LogP contribution in [0.1, 0.15) is 52.4 Å². The Kier molecular flexibility index (Phi) is 9.82. The highest BCUT2D eigenvalue weighted by atomic mass is 16.6. The Hall–Kier alpha value is -2.49. The molecule has 0 aromatic heterocycles. The third-order valence-corrected chi connectivity index (χ3v) is 6.65. The van der Waals surface area contributed by atoms with E-state index in [1.165, 1.54) is 0 Å². The van der Waals surface area contributed by atoms with Crippen LogP contribution in [-0.2, 0) is 14.3 Å². The first kappa shape index (κ1) is 26.8. The summed E-state index contributed by atoms with van der Waals surface area (Å²) in [6, 6.07) is 7.58. The van der Waals surface area contributed by atoms with Crippen molar-refractivity contribution >= 4 is 23.7 Å². The number of para-hydroxylation sites is 1. The zero-order valence-electron chi connectivity index (χ0n) is 19.6. The summed E-state index contributed by atoms with van der Waals surface area (Å²) in [6.07, 6.45) is 2.76. The number of hydrogen-bond donors (Lipinski definition) is 4. The van der Waals surface area contributed by atoms with Crippen LogP contribution in [0.5, 0.6) is 0 Å². The smallest absolute Gasteiger partial charge is 0.421 e. The van der Waals surface area contributed by atoms with Gasteiger partial charge in [-0.2, -0.15) is 0 Å². The summed E-state index contributed by atoms with van der Waals surface area (Å²) in [5.74, 6) is -1.71. The number of carbonyl (C=O) groups excluding carboxylic acids is 2. The van der Waals surface area contributed by atoms with Gasteiger partial charge in [0.1, 0.15) is 11.6 Å². The molecule has 1 aliphatic rings. The van der Waals surface area contributed by atoms with Crippen LogP contribution >= 0.6 is 0 Å². The molecule has 0 saturated heterocycles. The largest absolute Gasteiger partial charge is 0.480 e. The Balaban J connectivity index is 2.25. The zero-order chi connectivity index (χ0) is 24.6. The summed E-state index contributed by atoms with van der Waals surface area (Å²) in [6.45, 7) is 4.27.